The smallest absolute Gasteiger partial charge is 0.268 e. The number of carbonyl (C=O) groups excluding carboxylic acids is 1. The Labute approximate surface area is 151 Å². The summed E-state index contributed by atoms with van der Waals surface area (Å²) in [6.07, 6.45) is 4.01. The third-order valence-electron chi connectivity index (χ3n) is 3.92. The molecular formula is C19H16Cl2N2O. The molecule has 122 valence electrons. The normalized spacial score (nSPS) is 14.4. The Morgan fingerprint density at radius 2 is 1.79 bits per heavy atom. The molecule has 0 saturated carbocycles. The molecule has 2 aromatic rings. The molecule has 0 spiro atoms. The van der Waals surface area contributed by atoms with Gasteiger partial charge in [-0.2, -0.15) is 5.10 Å². The first-order chi connectivity index (χ1) is 11.6. The van der Waals surface area contributed by atoms with E-state index >= 15 is 0 Å². The number of aryl methyl sites for hydroxylation is 1. The van der Waals surface area contributed by atoms with Crippen LogP contribution in [-0.2, 0) is 11.2 Å². The largest absolute Gasteiger partial charge is 0.268 e. The van der Waals surface area contributed by atoms with Crippen LogP contribution in [0.25, 0.3) is 5.03 Å². The highest BCUT2D eigenvalue weighted by molar-refractivity contribution is 6.51. The molecule has 1 N–H and O–H groups in total. The average Bonchev–Trinajstić information content (AvgIpc) is 2.76. The number of hydrogen-bond acceptors (Lipinski definition) is 2. The maximum Gasteiger partial charge on any atom is 0.268 e. The van der Waals surface area contributed by atoms with Gasteiger partial charge in [-0.15, -0.1) is 0 Å². The number of nitrogens with one attached hydrogen (secondary N) is 1. The van der Waals surface area contributed by atoms with E-state index in [2.05, 4.69) is 16.6 Å². The van der Waals surface area contributed by atoms with Crippen LogP contribution in [-0.4, -0.2) is 12.1 Å². The number of carbonyl (C=O) groups is 1. The Morgan fingerprint density at radius 1 is 1.04 bits per heavy atom. The van der Waals surface area contributed by atoms with Gasteiger partial charge < -0.3 is 0 Å². The van der Waals surface area contributed by atoms with E-state index in [1.165, 1.54) is 5.56 Å². The molecule has 5 heteroatoms. The zero-order chi connectivity index (χ0) is 16.9. The molecule has 0 bridgehead atoms. The molecule has 1 amide bonds. The highest BCUT2D eigenvalue weighted by Gasteiger charge is 2.20. The minimum absolute atomic E-state index is 0.262. The molecule has 0 saturated heterocycles. The average molecular weight is 359 g/mol. The quantitative estimate of drug-likeness (QED) is 0.622. The molecule has 1 aliphatic carbocycles. The van der Waals surface area contributed by atoms with E-state index in [-0.39, 0.29) is 5.91 Å². The fourth-order valence-corrected chi connectivity index (χ4v) is 3.17. The Bertz CT molecular complexity index is 810. The number of hydrazone groups is 1. The van der Waals surface area contributed by atoms with E-state index < -0.39 is 0 Å². The van der Waals surface area contributed by atoms with Gasteiger partial charge in [0.2, 0.25) is 0 Å². The van der Waals surface area contributed by atoms with Crippen molar-refractivity contribution in [3.63, 3.8) is 0 Å². The molecule has 24 heavy (non-hydrogen) atoms. The van der Waals surface area contributed by atoms with Gasteiger partial charge in [0.1, 0.15) is 0 Å². The van der Waals surface area contributed by atoms with Crippen molar-refractivity contribution in [1.82, 2.24) is 5.43 Å². The lowest BCUT2D eigenvalue weighted by Gasteiger charge is -2.07. The van der Waals surface area contributed by atoms with Crippen LogP contribution in [0.1, 0.15) is 29.5 Å². The maximum atomic E-state index is 12.4. The van der Waals surface area contributed by atoms with Crippen molar-refractivity contribution in [2.45, 2.75) is 19.3 Å². The van der Waals surface area contributed by atoms with Gasteiger partial charge in [-0.05, 0) is 48.1 Å². The maximum absolute atomic E-state index is 12.4. The molecule has 1 aliphatic rings. The molecule has 0 aromatic heterocycles. The van der Waals surface area contributed by atoms with Gasteiger partial charge in [0.15, 0.2) is 0 Å². The third kappa shape index (κ3) is 3.86. The van der Waals surface area contributed by atoms with Crippen molar-refractivity contribution in [3.05, 3.63) is 75.8 Å². The highest BCUT2D eigenvalue weighted by Crippen LogP contribution is 2.32. The predicted molar refractivity (Wildman–Crippen MR) is 99.3 cm³/mol. The van der Waals surface area contributed by atoms with Gasteiger partial charge in [0, 0.05) is 10.6 Å². The van der Waals surface area contributed by atoms with Gasteiger partial charge >= 0.3 is 0 Å². The van der Waals surface area contributed by atoms with Crippen LogP contribution in [0.15, 0.2) is 59.2 Å². The summed E-state index contributed by atoms with van der Waals surface area (Å²) in [5, 5.41) is 5.18. The summed E-state index contributed by atoms with van der Waals surface area (Å²) >= 11 is 12.3. The number of benzene rings is 2. The van der Waals surface area contributed by atoms with E-state index in [0.29, 0.717) is 22.0 Å². The topological polar surface area (TPSA) is 41.5 Å². The number of rotatable bonds is 3. The molecule has 0 radical (unpaired) electrons. The van der Waals surface area contributed by atoms with Crippen LogP contribution in [0.3, 0.4) is 0 Å². The lowest BCUT2D eigenvalue weighted by Crippen LogP contribution is -2.20. The second kappa shape index (κ2) is 7.65. The van der Waals surface area contributed by atoms with Crippen molar-refractivity contribution >= 4 is 40.4 Å². The summed E-state index contributed by atoms with van der Waals surface area (Å²) in [4.78, 5) is 12.4. The van der Waals surface area contributed by atoms with Crippen molar-refractivity contribution in [2.75, 3.05) is 0 Å². The standard InChI is InChI=1S/C19H16Cl2N2O/c20-15-10-8-13(9-11-15)12-22-23-19(24)17-7-3-5-14-4-1-2-6-16(14)18(17)21/h1-2,4,6,8-12H,3,5,7H2,(H,23,24)/b22-12-. The van der Waals surface area contributed by atoms with Crippen molar-refractivity contribution in [2.24, 2.45) is 5.10 Å². The number of fused-ring (bicyclic) bond motifs is 1. The summed E-state index contributed by atoms with van der Waals surface area (Å²) < 4.78 is 0. The van der Waals surface area contributed by atoms with Crippen molar-refractivity contribution in [1.29, 1.82) is 0 Å². The van der Waals surface area contributed by atoms with E-state index in [4.69, 9.17) is 23.2 Å². The summed E-state index contributed by atoms with van der Waals surface area (Å²) in [5.41, 5.74) is 6.10. The minimum atomic E-state index is -0.262. The lowest BCUT2D eigenvalue weighted by molar-refractivity contribution is -0.117. The first kappa shape index (κ1) is 16.7. The number of hydrogen-bond donors (Lipinski definition) is 1. The molecule has 0 fully saturated rings. The van der Waals surface area contributed by atoms with Crippen LogP contribution in [0.4, 0.5) is 0 Å². The first-order valence-electron chi connectivity index (χ1n) is 7.71. The van der Waals surface area contributed by atoms with Crippen LogP contribution >= 0.6 is 23.2 Å². The van der Waals surface area contributed by atoms with Crippen LogP contribution in [0.2, 0.25) is 5.02 Å². The van der Waals surface area contributed by atoms with E-state index in [9.17, 15) is 4.79 Å². The third-order valence-corrected chi connectivity index (χ3v) is 4.60. The molecular weight excluding hydrogens is 343 g/mol. The Balaban J connectivity index is 1.75. The van der Waals surface area contributed by atoms with Crippen LogP contribution < -0.4 is 5.43 Å². The van der Waals surface area contributed by atoms with Crippen molar-refractivity contribution < 1.29 is 4.79 Å². The second-order valence-corrected chi connectivity index (χ2v) is 6.37. The lowest BCUT2D eigenvalue weighted by atomic mass is 10.0. The van der Waals surface area contributed by atoms with Gasteiger partial charge in [0.25, 0.3) is 5.91 Å². The fraction of sp³-hybridized carbons (Fsp3) is 0.158. The summed E-state index contributed by atoms with van der Waals surface area (Å²) in [7, 11) is 0. The molecule has 2 aromatic carbocycles. The summed E-state index contributed by atoms with van der Waals surface area (Å²) in [6.45, 7) is 0. The molecule has 0 heterocycles. The molecule has 0 aliphatic heterocycles. The molecule has 0 unspecified atom stereocenters. The Kier molecular flexibility index (Phi) is 5.34. The zero-order valence-electron chi connectivity index (χ0n) is 12.9. The minimum Gasteiger partial charge on any atom is -0.268 e. The molecule has 3 nitrogen and oxygen atoms in total. The van der Waals surface area contributed by atoms with Crippen LogP contribution in [0.5, 0.6) is 0 Å². The molecule has 0 atom stereocenters. The van der Waals surface area contributed by atoms with Gasteiger partial charge in [-0.1, -0.05) is 59.6 Å². The van der Waals surface area contributed by atoms with Gasteiger partial charge in [-0.25, -0.2) is 5.43 Å². The molecule has 3 rings (SSSR count). The van der Waals surface area contributed by atoms with E-state index in [1.54, 1.807) is 18.3 Å². The van der Waals surface area contributed by atoms with E-state index in [0.717, 1.165) is 24.0 Å². The SMILES string of the molecule is O=C(N/N=C\c1ccc(Cl)cc1)C1=C(Cl)c2ccccc2CCC1. The summed E-state index contributed by atoms with van der Waals surface area (Å²) in [5.74, 6) is -0.262. The highest BCUT2D eigenvalue weighted by atomic mass is 35.5. The summed E-state index contributed by atoms with van der Waals surface area (Å²) in [6, 6.07) is 15.1. The van der Waals surface area contributed by atoms with E-state index in [1.807, 2.05) is 30.3 Å². The van der Waals surface area contributed by atoms with Gasteiger partial charge in [-0.3, -0.25) is 4.79 Å². The van der Waals surface area contributed by atoms with Crippen LogP contribution in [0, 0.1) is 0 Å². The monoisotopic (exact) mass is 358 g/mol. The number of nitrogens with zero attached hydrogens (tertiary/aromatic N) is 1. The Morgan fingerprint density at radius 3 is 2.58 bits per heavy atom. The van der Waals surface area contributed by atoms with Gasteiger partial charge in [0.05, 0.1) is 11.2 Å². The fourth-order valence-electron chi connectivity index (χ4n) is 2.68. The first-order valence-corrected chi connectivity index (χ1v) is 8.46. The predicted octanol–water partition coefficient (Wildman–Crippen LogP) is 4.78. The number of halogens is 2. The second-order valence-electron chi connectivity index (χ2n) is 5.55. The zero-order valence-corrected chi connectivity index (χ0v) is 14.4. The van der Waals surface area contributed by atoms with Crippen molar-refractivity contribution in [3.8, 4) is 0 Å². The number of amides is 1. The Hall–Kier alpha value is -2.10.